The van der Waals surface area contributed by atoms with Gasteiger partial charge in [-0.15, -0.1) is 0 Å². The van der Waals surface area contributed by atoms with E-state index >= 15 is 0 Å². The molecule has 0 aromatic heterocycles. The van der Waals surface area contributed by atoms with Gasteiger partial charge in [-0.3, -0.25) is 0 Å². The SMILES string of the molecule is Nc1ccccc1SNc1ccccc1. The van der Waals surface area contributed by atoms with Crippen molar-refractivity contribution in [3.8, 4) is 0 Å². The van der Waals surface area contributed by atoms with E-state index in [-0.39, 0.29) is 0 Å². The van der Waals surface area contributed by atoms with Crippen LogP contribution < -0.4 is 10.5 Å². The molecular weight excluding hydrogens is 204 g/mol. The molecule has 0 fully saturated rings. The minimum absolute atomic E-state index is 0.797. The summed E-state index contributed by atoms with van der Waals surface area (Å²) in [6.07, 6.45) is 0. The van der Waals surface area contributed by atoms with Gasteiger partial charge in [-0.1, -0.05) is 30.3 Å². The van der Waals surface area contributed by atoms with Gasteiger partial charge in [-0.2, -0.15) is 0 Å². The summed E-state index contributed by atoms with van der Waals surface area (Å²) in [6.45, 7) is 0. The summed E-state index contributed by atoms with van der Waals surface area (Å²) in [5.74, 6) is 0. The maximum absolute atomic E-state index is 5.82. The molecular formula is C12H12N2S. The molecule has 3 N–H and O–H groups in total. The molecule has 0 unspecified atom stereocenters. The van der Waals surface area contributed by atoms with E-state index < -0.39 is 0 Å². The van der Waals surface area contributed by atoms with Crippen LogP contribution in [0.2, 0.25) is 0 Å². The Hall–Kier alpha value is -1.61. The Morgan fingerprint density at radius 3 is 2.27 bits per heavy atom. The van der Waals surface area contributed by atoms with Crippen LogP contribution in [0.15, 0.2) is 59.5 Å². The zero-order valence-electron chi connectivity index (χ0n) is 8.18. The predicted molar refractivity (Wildman–Crippen MR) is 66.8 cm³/mol. The Labute approximate surface area is 93.6 Å². The molecule has 3 heteroatoms. The first-order chi connectivity index (χ1) is 7.36. The number of rotatable bonds is 3. The first-order valence-electron chi connectivity index (χ1n) is 4.68. The van der Waals surface area contributed by atoms with Crippen LogP contribution in [0.3, 0.4) is 0 Å². The molecule has 2 aromatic rings. The highest BCUT2D eigenvalue weighted by molar-refractivity contribution is 8.00. The number of benzene rings is 2. The summed E-state index contributed by atoms with van der Waals surface area (Å²) >= 11 is 1.53. The second-order valence-electron chi connectivity index (χ2n) is 3.11. The number of anilines is 2. The molecule has 0 bridgehead atoms. The third-order valence-electron chi connectivity index (χ3n) is 1.97. The maximum Gasteiger partial charge on any atom is 0.0514 e. The number of hydrogen-bond acceptors (Lipinski definition) is 3. The molecule has 0 saturated heterocycles. The van der Waals surface area contributed by atoms with Crippen LogP contribution in [-0.4, -0.2) is 0 Å². The smallest absolute Gasteiger partial charge is 0.0514 e. The number of para-hydroxylation sites is 2. The van der Waals surface area contributed by atoms with Crippen molar-refractivity contribution in [3.05, 3.63) is 54.6 Å². The fourth-order valence-electron chi connectivity index (χ4n) is 1.19. The fraction of sp³-hybridized carbons (Fsp3) is 0. The van der Waals surface area contributed by atoms with Crippen molar-refractivity contribution < 1.29 is 0 Å². The average molecular weight is 216 g/mol. The number of nitrogen functional groups attached to an aromatic ring is 1. The number of nitrogens with two attached hydrogens (primary N) is 1. The highest BCUT2D eigenvalue weighted by Gasteiger charge is 1.97. The van der Waals surface area contributed by atoms with Gasteiger partial charge in [0, 0.05) is 11.4 Å². The fourth-order valence-corrected chi connectivity index (χ4v) is 1.89. The van der Waals surface area contributed by atoms with Gasteiger partial charge in [0.1, 0.15) is 0 Å². The van der Waals surface area contributed by atoms with Crippen LogP contribution in [0.4, 0.5) is 11.4 Å². The molecule has 76 valence electrons. The minimum atomic E-state index is 0.797. The van der Waals surface area contributed by atoms with Gasteiger partial charge in [0.05, 0.1) is 4.90 Å². The summed E-state index contributed by atoms with van der Waals surface area (Å²) < 4.78 is 3.24. The topological polar surface area (TPSA) is 38.0 Å². The lowest BCUT2D eigenvalue weighted by molar-refractivity contribution is 1.46. The van der Waals surface area contributed by atoms with Gasteiger partial charge in [-0.05, 0) is 36.2 Å². The Kier molecular flexibility index (Phi) is 3.15. The van der Waals surface area contributed by atoms with Crippen molar-refractivity contribution in [1.29, 1.82) is 0 Å². The molecule has 2 rings (SSSR count). The number of nitrogens with one attached hydrogen (secondary N) is 1. The molecule has 2 nitrogen and oxygen atoms in total. The largest absolute Gasteiger partial charge is 0.398 e. The van der Waals surface area contributed by atoms with Crippen molar-refractivity contribution in [2.75, 3.05) is 10.5 Å². The monoisotopic (exact) mass is 216 g/mol. The third-order valence-corrected chi connectivity index (χ3v) is 2.90. The average Bonchev–Trinajstić information content (AvgIpc) is 2.29. The highest BCUT2D eigenvalue weighted by atomic mass is 32.2. The van der Waals surface area contributed by atoms with Gasteiger partial charge in [0.15, 0.2) is 0 Å². The molecule has 0 radical (unpaired) electrons. The molecule has 0 atom stereocenters. The number of hydrogen-bond donors (Lipinski definition) is 2. The molecule has 15 heavy (non-hydrogen) atoms. The lowest BCUT2D eigenvalue weighted by atomic mass is 10.3. The van der Waals surface area contributed by atoms with E-state index in [0.29, 0.717) is 0 Å². The van der Waals surface area contributed by atoms with E-state index in [9.17, 15) is 0 Å². The van der Waals surface area contributed by atoms with Gasteiger partial charge in [0.25, 0.3) is 0 Å². The molecule has 0 heterocycles. The quantitative estimate of drug-likeness (QED) is 0.610. The molecule has 0 aliphatic rings. The summed E-state index contributed by atoms with van der Waals surface area (Å²) in [6, 6.07) is 17.8. The van der Waals surface area contributed by atoms with Crippen LogP contribution in [0.1, 0.15) is 0 Å². The first-order valence-corrected chi connectivity index (χ1v) is 5.50. The summed E-state index contributed by atoms with van der Waals surface area (Å²) in [5.41, 5.74) is 7.70. The Morgan fingerprint density at radius 2 is 1.53 bits per heavy atom. The lowest BCUT2D eigenvalue weighted by Crippen LogP contribution is -1.91. The van der Waals surface area contributed by atoms with Crippen molar-refractivity contribution in [2.24, 2.45) is 0 Å². The van der Waals surface area contributed by atoms with E-state index in [1.54, 1.807) is 0 Å². The normalized spacial score (nSPS) is 9.87. The van der Waals surface area contributed by atoms with Crippen LogP contribution in [0, 0.1) is 0 Å². The van der Waals surface area contributed by atoms with Gasteiger partial charge < -0.3 is 10.5 Å². The highest BCUT2D eigenvalue weighted by Crippen LogP contribution is 2.25. The van der Waals surface area contributed by atoms with Crippen LogP contribution in [0.5, 0.6) is 0 Å². The molecule has 0 saturated carbocycles. The Morgan fingerprint density at radius 1 is 0.867 bits per heavy atom. The van der Waals surface area contributed by atoms with Gasteiger partial charge >= 0.3 is 0 Å². The second kappa shape index (κ2) is 4.75. The van der Waals surface area contributed by atoms with Crippen molar-refractivity contribution in [3.63, 3.8) is 0 Å². The third kappa shape index (κ3) is 2.67. The summed E-state index contributed by atoms with van der Waals surface area (Å²) in [7, 11) is 0. The molecule has 0 amide bonds. The van der Waals surface area contributed by atoms with E-state index in [0.717, 1.165) is 16.3 Å². The van der Waals surface area contributed by atoms with Gasteiger partial charge in [-0.25, -0.2) is 0 Å². The predicted octanol–water partition coefficient (Wildman–Crippen LogP) is 3.39. The Balaban J connectivity index is 2.03. The van der Waals surface area contributed by atoms with E-state index in [2.05, 4.69) is 4.72 Å². The Bertz CT molecular complexity index is 429. The zero-order valence-corrected chi connectivity index (χ0v) is 9.00. The summed E-state index contributed by atoms with van der Waals surface area (Å²) in [5, 5.41) is 0. The second-order valence-corrected chi connectivity index (χ2v) is 3.96. The summed E-state index contributed by atoms with van der Waals surface area (Å²) in [4.78, 5) is 1.04. The standard InChI is InChI=1S/C12H12N2S/c13-11-8-4-5-9-12(11)15-14-10-6-2-1-3-7-10/h1-9,14H,13H2. The molecule has 0 spiro atoms. The van der Waals surface area contributed by atoms with Crippen LogP contribution in [0.25, 0.3) is 0 Å². The van der Waals surface area contributed by atoms with Crippen molar-refractivity contribution in [1.82, 2.24) is 0 Å². The molecule has 0 aliphatic heterocycles. The molecule has 0 aliphatic carbocycles. The first kappa shape index (κ1) is 9.93. The van der Waals surface area contributed by atoms with Crippen LogP contribution in [-0.2, 0) is 0 Å². The van der Waals surface area contributed by atoms with Crippen LogP contribution >= 0.6 is 11.9 Å². The van der Waals surface area contributed by atoms with Crippen molar-refractivity contribution in [2.45, 2.75) is 4.90 Å². The molecule has 2 aromatic carbocycles. The zero-order chi connectivity index (χ0) is 10.5. The van der Waals surface area contributed by atoms with E-state index in [1.807, 2.05) is 54.6 Å². The van der Waals surface area contributed by atoms with E-state index in [1.165, 1.54) is 11.9 Å². The van der Waals surface area contributed by atoms with Crippen molar-refractivity contribution >= 4 is 23.3 Å². The van der Waals surface area contributed by atoms with Gasteiger partial charge in [0.2, 0.25) is 0 Å². The van der Waals surface area contributed by atoms with E-state index in [4.69, 9.17) is 5.73 Å². The maximum atomic E-state index is 5.82. The lowest BCUT2D eigenvalue weighted by Gasteiger charge is -2.06. The minimum Gasteiger partial charge on any atom is -0.398 e.